The molecule has 1 saturated carbocycles. The highest BCUT2D eigenvalue weighted by Crippen LogP contribution is 2.34. The van der Waals surface area contributed by atoms with Crippen LogP contribution in [-0.4, -0.2) is 10.4 Å². The van der Waals surface area contributed by atoms with Crippen LogP contribution in [-0.2, 0) is 0 Å². The largest absolute Gasteiger partial charge is 0.372 e. The molecule has 0 saturated heterocycles. The Morgan fingerprint density at radius 1 is 1.22 bits per heavy atom. The van der Waals surface area contributed by atoms with Gasteiger partial charge in [-0.05, 0) is 41.9 Å². The number of fused-ring (bicyclic) bond motifs is 1. The average Bonchev–Trinajstić information content (AvgIpc) is 2.79. The highest BCUT2D eigenvalue weighted by atomic mass is 32.1. The summed E-state index contributed by atoms with van der Waals surface area (Å²) >= 11 is 1.60. The normalized spacial score (nSPS) is 28.4. The van der Waals surface area contributed by atoms with E-state index in [1.165, 1.54) is 29.6 Å². The number of nitrogens with zero attached hydrogens (tertiary/aromatic N) is 1. The quantitative estimate of drug-likeness (QED) is 0.858. The first-order valence-corrected chi connectivity index (χ1v) is 7.64. The summed E-state index contributed by atoms with van der Waals surface area (Å²) in [6.07, 6.45) is 4.01. The maximum atomic E-state index is 4.51. The van der Waals surface area contributed by atoms with E-state index in [2.05, 4.69) is 47.8 Å². The van der Waals surface area contributed by atoms with Crippen molar-refractivity contribution in [3.8, 4) is 0 Å². The van der Waals surface area contributed by atoms with E-state index in [9.17, 15) is 0 Å². The average molecular weight is 260 g/mol. The van der Waals surface area contributed by atoms with Crippen LogP contribution < -0.4 is 5.32 Å². The molecule has 2 nitrogen and oxygen atoms in total. The number of nitrogens with one attached hydrogen (secondary N) is 1. The molecule has 1 fully saturated rings. The molecule has 1 N–H and O–H groups in total. The van der Waals surface area contributed by atoms with Gasteiger partial charge >= 0.3 is 0 Å². The Morgan fingerprint density at radius 2 is 2.06 bits per heavy atom. The maximum Gasteiger partial charge on any atom is 0.117 e. The predicted molar refractivity (Wildman–Crippen MR) is 79.2 cm³/mol. The lowest BCUT2D eigenvalue weighted by molar-refractivity contribution is 0.253. The van der Waals surface area contributed by atoms with E-state index in [0.29, 0.717) is 6.04 Å². The van der Waals surface area contributed by atoms with Crippen molar-refractivity contribution in [2.45, 2.75) is 39.2 Å². The highest BCUT2D eigenvalue weighted by molar-refractivity contribution is 7.11. The van der Waals surface area contributed by atoms with Gasteiger partial charge in [-0.3, -0.25) is 0 Å². The van der Waals surface area contributed by atoms with Crippen LogP contribution in [0.5, 0.6) is 0 Å². The Bertz CT molecular complexity index is 534. The molecule has 3 rings (SSSR count). The first kappa shape index (κ1) is 12.0. The molecule has 1 aliphatic rings. The third-order valence-corrected chi connectivity index (χ3v) is 5.22. The SMILES string of the molecule is CC1CCCC(Nc2snc3ccccc23)C1C. The first-order chi connectivity index (χ1) is 8.75. The zero-order valence-corrected chi connectivity index (χ0v) is 11.8. The van der Waals surface area contributed by atoms with Gasteiger partial charge in [0.25, 0.3) is 0 Å². The standard InChI is InChI=1S/C15H20N2S/c1-10-6-5-9-13(11(10)2)16-15-12-7-3-4-8-14(12)17-18-15/h3-4,7-8,10-11,13,16H,5-6,9H2,1-2H3. The van der Waals surface area contributed by atoms with Crippen LogP contribution in [0.15, 0.2) is 24.3 Å². The summed E-state index contributed by atoms with van der Waals surface area (Å²) in [5, 5.41) is 6.26. The van der Waals surface area contributed by atoms with Crippen molar-refractivity contribution in [1.29, 1.82) is 0 Å². The summed E-state index contributed by atoms with van der Waals surface area (Å²) in [5.74, 6) is 1.58. The number of anilines is 1. The van der Waals surface area contributed by atoms with E-state index < -0.39 is 0 Å². The Labute approximate surface area is 113 Å². The van der Waals surface area contributed by atoms with E-state index in [-0.39, 0.29) is 0 Å². The van der Waals surface area contributed by atoms with E-state index >= 15 is 0 Å². The second kappa shape index (κ2) is 4.88. The molecule has 3 unspecified atom stereocenters. The summed E-state index contributed by atoms with van der Waals surface area (Å²) in [6.45, 7) is 4.76. The van der Waals surface area contributed by atoms with Gasteiger partial charge in [0.1, 0.15) is 5.00 Å². The van der Waals surface area contributed by atoms with Crippen molar-refractivity contribution in [2.75, 3.05) is 5.32 Å². The fraction of sp³-hybridized carbons (Fsp3) is 0.533. The molecule has 0 spiro atoms. The predicted octanol–water partition coefficient (Wildman–Crippen LogP) is 4.53. The summed E-state index contributed by atoms with van der Waals surface area (Å²) < 4.78 is 4.51. The molecule has 0 bridgehead atoms. The van der Waals surface area contributed by atoms with Crippen LogP contribution in [0.25, 0.3) is 10.9 Å². The molecular formula is C15H20N2S. The lowest BCUT2D eigenvalue weighted by atomic mass is 9.78. The topological polar surface area (TPSA) is 24.9 Å². The number of rotatable bonds is 2. The third kappa shape index (κ3) is 2.12. The van der Waals surface area contributed by atoms with Gasteiger partial charge in [0, 0.05) is 11.4 Å². The molecule has 18 heavy (non-hydrogen) atoms. The van der Waals surface area contributed by atoms with E-state index in [0.717, 1.165) is 17.4 Å². The Morgan fingerprint density at radius 3 is 2.94 bits per heavy atom. The zero-order valence-electron chi connectivity index (χ0n) is 11.0. The van der Waals surface area contributed by atoms with Gasteiger partial charge in [0.05, 0.1) is 5.52 Å². The molecule has 0 amide bonds. The summed E-state index contributed by atoms with van der Waals surface area (Å²) in [7, 11) is 0. The zero-order chi connectivity index (χ0) is 12.5. The van der Waals surface area contributed by atoms with Gasteiger partial charge in [-0.25, -0.2) is 0 Å². The smallest absolute Gasteiger partial charge is 0.117 e. The van der Waals surface area contributed by atoms with Gasteiger partial charge < -0.3 is 5.32 Å². The lowest BCUT2D eigenvalue weighted by Crippen LogP contribution is -2.34. The Hall–Kier alpha value is -1.09. The minimum Gasteiger partial charge on any atom is -0.372 e. The summed E-state index contributed by atoms with van der Waals surface area (Å²) in [5.41, 5.74) is 1.11. The van der Waals surface area contributed by atoms with Crippen molar-refractivity contribution in [1.82, 2.24) is 4.37 Å². The Kier molecular flexibility index (Phi) is 3.25. The van der Waals surface area contributed by atoms with Gasteiger partial charge in [0.15, 0.2) is 0 Å². The molecule has 3 heteroatoms. The minimum atomic E-state index is 0.609. The molecule has 1 aromatic carbocycles. The van der Waals surface area contributed by atoms with Crippen LogP contribution in [0.2, 0.25) is 0 Å². The van der Waals surface area contributed by atoms with E-state index in [1.807, 2.05) is 0 Å². The van der Waals surface area contributed by atoms with Crippen LogP contribution >= 0.6 is 11.5 Å². The van der Waals surface area contributed by atoms with Crippen LogP contribution in [0.1, 0.15) is 33.1 Å². The second-order valence-corrected chi connectivity index (χ2v) is 6.32. The van der Waals surface area contributed by atoms with Crippen LogP contribution in [0.4, 0.5) is 5.00 Å². The molecule has 3 atom stereocenters. The van der Waals surface area contributed by atoms with Crippen molar-refractivity contribution in [3.05, 3.63) is 24.3 Å². The number of benzene rings is 1. The fourth-order valence-corrected chi connectivity index (χ4v) is 3.77. The minimum absolute atomic E-state index is 0.609. The maximum absolute atomic E-state index is 4.51. The van der Waals surface area contributed by atoms with Crippen molar-refractivity contribution >= 4 is 27.4 Å². The third-order valence-electron chi connectivity index (χ3n) is 4.41. The van der Waals surface area contributed by atoms with E-state index in [4.69, 9.17) is 0 Å². The molecule has 1 aliphatic carbocycles. The van der Waals surface area contributed by atoms with Gasteiger partial charge in [-0.2, -0.15) is 4.37 Å². The Balaban J connectivity index is 1.83. The monoisotopic (exact) mass is 260 g/mol. The van der Waals surface area contributed by atoms with Gasteiger partial charge in [0.2, 0.25) is 0 Å². The second-order valence-electron chi connectivity index (χ2n) is 5.55. The van der Waals surface area contributed by atoms with Gasteiger partial charge in [-0.15, -0.1) is 0 Å². The van der Waals surface area contributed by atoms with Crippen molar-refractivity contribution < 1.29 is 0 Å². The number of hydrogen-bond donors (Lipinski definition) is 1. The number of hydrogen-bond acceptors (Lipinski definition) is 3. The summed E-state index contributed by atoms with van der Waals surface area (Å²) in [4.78, 5) is 0. The molecule has 96 valence electrons. The molecule has 2 aromatic rings. The molecule has 1 heterocycles. The highest BCUT2D eigenvalue weighted by Gasteiger charge is 2.27. The number of aromatic nitrogens is 1. The van der Waals surface area contributed by atoms with Crippen LogP contribution in [0, 0.1) is 11.8 Å². The van der Waals surface area contributed by atoms with Crippen molar-refractivity contribution in [3.63, 3.8) is 0 Å². The van der Waals surface area contributed by atoms with E-state index in [1.54, 1.807) is 11.5 Å². The molecule has 1 aromatic heterocycles. The molecule has 0 radical (unpaired) electrons. The van der Waals surface area contributed by atoms with Crippen molar-refractivity contribution in [2.24, 2.45) is 11.8 Å². The van der Waals surface area contributed by atoms with Crippen LogP contribution in [0.3, 0.4) is 0 Å². The molecule has 0 aliphatic heterocycles. The fourth-order valence-electron chi connectivity index (χ4n) is 2.95. The molecular weight excluding hydrogens is 240 g/mol. The summed E-state index contributed by atoms with van der Waals surface area (Å²) in [6, 6.07) is 9.01. The first-order valence-electron chi connectivity index (χ1n) is 6.86. The lowest BCUT2D eigenvalue weighted by Gasteiger charge is -2.34. The van der Waals surface area contributed by atoms with Gasteiger partial charge in [-0.1, -0.05) is 38.8 Å².